The molecule has 316 valence electrons. The van der Waals surface area contributed by atoms with Gasteiger partial charge in [-0.25, -0.2) is 0 Å². The highest BCUT2D eigenvalue weighted by molar-refractivity contribution is 7.20. The Labute approximate surface area is 367 Å². The molecular formula is C53H40F6N2S2. The van der Waals surface area contributed by atoms with E-state index in [2.05, 4.69) is 71.5 Å². The normalized spacial score (nSPS) is 16.0. The zero-order valence-corrected chi connectivity index (χ0v) is 36.5. The molecule has 0 unspecified atom stereocenters. The number of fused-ring (bicyclic) bond motifs is 8. The molecule has 0 fully saturated rings. The van der Waals surface area contributed by atoms with Crippen LogP contribution >= 0.6 is 22.7 Å². The number of allylic oxidation sites excluding steroid dienone is 2. The SMILES string of the molecule is CCc1sc2cc(-c3ccc4c(c3)c3ccccc3n4CC)ccc2c1C1=C(c2c(CC)sc3cc(-c4ccc5c(c4)c4ccccc4n5CC)ccc23)C(F)(F)C(F)(F)C1(F)F. The fraction of sp³-hybridized carbons (Fsp3) is 0.208. The molecule has 1 aliphatic rings. The number of nitrogens with zero attached hydrogens (tertiary/aromatic N) is 2. The van der Waals surface area contributed by atoms with Gasteiger partial charge in [-0.2, -0.15) is 26.3 Å². The predicted octanol–water partition coefficient (Wildman–Crippen LogP) is 16.7. The number of halogens is 6. The van der Waals surface area contributed by atoms with E-state index < -0.39 is 28.9 Å². The second kappa shape index (κ2) is 14.1. The van der Waals surface area contributed by atoms with Crippen LogP contribution in [0.4, 0.5) is 26.3 Å². The van der Waals surface area contributed by atoms with Crippen LogP contribution in [-0.4, -0.2) is 26.9 Å². The number of alkyl halides is 6. The smallest absolute Gasteiger partial charge is 0.341 e. The number of rotatable bonds is 8. The summed E-state index contributed by atoms with van der Waals surface area (Å²) in [6.45, 7) is 9.27. The van der Waals surface area contributed by atoms with Crippen molar-refractivity contribution in [1.29, 1.82) is 0 Å². The first kappa shape index (κ1) is 40.0. The first-order valence-electron chi connectivity index (χ1n) is 21.4. The third-order valence-corrected chi connectivity index (χ3v) is 15.8. The average molecular weight is 883 g/mol. The molecule has 1 aliphatic carbocycles. The minimum Gasteiger partial charge on any atom is -0.341 e. The van der Waals surface area contributed by atoms with Crippen LogP contribution in [0.1, 0.15) is 48.6 Å². The molecule has 0 atom stereocenters. The number of hydrogen-bond acceptors (Lipinski definition) is 2. The van der Waals surface area contributed by atoms with E-state index in [0.717, 1.165) is 79.0 Å². The van der Waals surface area contributed by atoms with Crippen LogP contribution in [0.25, 0.3) is 97.2 Å². The monoisotopic (exact) mass is 882 g/mol. The van der Waals surface area contributed by atoms with Crippen molar-refractivity contribution in [3.63, 3.8) is 0 Å². The van der Waals surface area contributed by atoms with Gasteiger partial charge in [0.25, 0.3) is 0 Å². The zero-order chi connectivity index (χ0) is 43.7. The van der Waals surface area contributed by atoms with Crippen molar-refractivity contribution in [3.05, 3.63) is 142 Å². The zero-order valence-electron chi connectivity index (χ0n) is 34.9. The minimum absolute atomic E-state index is 0.187. The Balaban J connectivity index is 1.09. The highest BCUT2D eigenvalue weighted by Gasteiger charge is 2.80. The Kier molecular flexibility index (Phi) is 8.93. The van der Waals surface area contributed by atoms with E-state index in [1.165, 1.54) is 22.7 Å². The Morgan fingerprint density at radius 2 is 0.778 bits per heavy atom. The lowest BCUT2D eigenvalue weighted by Gasteiger charge is -2.26. The summed E-state index contributed by atoms with van der Waals surface area (Å²) in [4.78, 5) is 0.702. The van der Waals surface area contributed by atoms with E-state index in [4.69, 9.17) is 0 Å². The molecule has 0 spiro atoms. The first-order valence-corrected chi connectivity index (χ1v) is 23.0. The van der Waals surface area contributed by atoms with Gasteiger partial charge in [-0.05, 0) is 97.5 Å². The molecular weight excluding hydrogens is 843 g/mol. The van der Waals surface area contributed by atoms with Gasteiger partial charge in [0, 0.05) is 109 Å². The first-order chi connectivity index (χ1) is 30.3. The van der Waals surface area contributed by atoms with Crippen LogP contribution < -0.4 is 0 Å². The van der Waals surface area contributed by atoms with E-state index in [0.29, 0.717) is 19.2 Å². The quantitative estimate of drug-likeness (QED) is 0.135. The summed E-state index contributed by atoms with van der Waals surface area (Å²) in [7, 11) is 0. The van der Waals surface area contributed by atoms with Crippen LogP contribution in [0.15, 0.2) is 121 Å². The number of thiophene rings is 2. The lowest BCUT2D eigenvalue weighted by molar-refractivity contribution is -0.254. The Bertz CT molecular complexity index is 3330. The fourth-order valence-electron chi connectivity index (χ4n) is 10.2. The Hall–Kier alpha value is -5.84. The van der Waals surface area contributed by atoms with Crippen LogP contribution in [0.3, 0.4) is 0 Å². The number of benzene rings is 6. The van der Waals surface area contributed by atoms with Gasteiger partial charge in [-0.1, -0.05) is 86.6 Å². The standard InChI is InChI=1S/C53H40F6N2S2/c1-5-43-47(35-21-17-31(27-45(35)62-43)29-19-23-41-37(25-29)33-13-9-11-15-39(33)60(41)7-3)49-50(52(56,57)53(58,59)51(49,54)55)48-36-22-18-32(28-46(36)63-44(48)6-2)30-20-24-42-38(26-30)34-14-10-12-16-40(34)61(42)8-4/h9-28H,5-8H2,1-4H3. The molecule has 0 N–H and O–H groups in total. The molecule has 0 aliphatic heterocycles. The molecule has 4 aromatic heterocycles. The maximum absolute atomic E-state index is 16.7. The number of para-hydroxylation sites is 2. The maximum atomic E-state index is 16.7. The van der Waals surface area contributed by atoms with Crippen molar-refractivity contribution in [2.24, 2.45) is 0 Å². The molecule has 0 saturated carbocycles. The Morgan fingerprint density at radius 1 is 0.413 bits per heavy atom. The third kappa shape index (κ3) is 5.43. The highest BCUT2D eigenvalue weighted by Crippen LogP contribution is 2.67. The summed E-state index contributed by atoms with van der Waals surface area (Å²) in [5, 5.41) is 4.86. The van der Waals surface area contributed by atoms with E-state index >= 15 is 26.3 Å². The van der Waals surface area contributed by atoms with Gasteiger partial charge in [0.05, 0.1) is 0 Å². The molecule has 6 aromatic carbocycles. The second-order valence-corrected chi connectivity index (χ2v) is 18.7. The Morgan fingerprint density at radius 3 is 1.17 bits per heavy atom. The molecule has 0 radical (unpaired) electrons. The molecule has 10 aromatic rings. The minimum atomic E-state index is -5.68. The highest BCUT2D eigenvalue weighted by atomic mass is 32.1. The van der Waals surface area contributed by atoms with Crippen molar-refractivity contribution in [2.45, 2.75) is 71.4 Å². The topological polar surface area (TPSA) is 9.86 Å². The van der Waals surface area contributed by atoms with Crippen molar-refractivity contribution >= 4 is 97.6 Å². The van der Waals surface area contributed by atoms with Gasteiger partial charge in [0.1, 0.15) is 0 Å². The van der Waals surface area contributed by atoms with Crippen LogP contribution in [0, 0.1) is 0 Å². The van der Waals surface area contributed by atoms with Gasteiger partial charge in [-0.15, -0.1) is 22.7 Å². The number of aromatic nitrogens is 2. The molecule has 2 nitrogen and oxygen atoms in total. The van der Waals surface area contributed by atoms with Gasteiger partial charge >= 0.3 is 17.8 Å². The van der Waals surface area contributed by atoms with Crippen molar-refractivity contribution in [3.8, 4) is 22.3 Å². The lowest BCUT2D eigenvalue weighted by atomic mass is 9.90. The van der Waals surface area contributed by atoms with Gasteiger partial charge < -0.3 is 9.13 Å². The van der Waals surface area contributed by atoms with Gasteiger partial charge in [0.2, 0.25) is 0 Å². The molecule has 0 amide bonds. The van der Waals surface area contributed by atoms with Gasteiger partial charge in [-0.3, -0.25) is 0 Å². The molecule has 4 heterocycles. The van der Waals surface area contributed by atoms with Crippen LogP contribution in [-0.2, 0) is 25.9 Å². The second-order valence-electron chi connectivity index (χ2n) is 16.4. The van der Waals surface area contributed by atoms with Crippen LogP contribution in [0.2, 0.25) is 0 Å². The maximum Gasteiger partial charge on any atom is 0.380 e. The third-order valence-electron chi connectivity index (χ3n) is 13.2. The van der Waals surface area contributed by atoms with Crippen LogP contribution in [0.5, 0.6) is 0 Å². The van der Waals surface area contributed by atoms with E-state index in [9.17, 15) is 0 Å². The van der Waals surface area contributed by atoms with Crippen molar-refractivity contribution in [2.75, 3.05) is 0 Å². The van der Waals surface area contributed by atoms with Gasteiger partial charge in [0.15, 0.2) is 0 Å². The summed E-state index contributed by atoms with van der Waals surface area (Å²) < 4.78 is 104. The summed E-state index contributed by atoms with van der Waals surface area (Å²) in [5.74, 6) is -16.0. The largest absolute Gasteiger partial charge is 0.380 e. The van der Waals surface area contributed by atoms with Crippen molar-refractivity contribution < 1.29 is 26.3 Å². The molecule has 0 bridgehead atoms. The summed E-state index contributed by atoms with van der Waals surface area (Å²) >= 11 is 2.38. The van der Waals surface area contributed by atoms with E-state index in [1.54, 1.807) is 38.1 Å². The number of aryl methyl sites for hydroxylation is 4. The number of hydrogen-bond donors (Lipinski definition) is 0. The van der Waals surface area contributed by atoms with Crippen molar-refractivity contribution in [1.82, 2.24) is 9.13 Å². The lowest BCUT2D eigenvalue weighted by Crippen LogP contribution is -2.49. The molecule has 11 rings (SSSR count). The van der Waals surface area contributed by atoms with E-state index in [-0.39, 0.29) is 34.7 Å². The summed E-state index contributed by atoms with van der Waals surface area (Å²) in [6.07, 6.45) is 0.373. The predicted molar refractivity (Wildman–Crippen MR) is 252 cm³/mol. The molecule has 0 saturated heterocycles. The van der Waals surface area contributed by atoms with E-state index in [1.807, 2.05) is 48.5 Å². The average Bonchev–Trinajstić information content (AvgIpc) is 4.05. The summed E-state index contributed by atoms with van der Waals surface area (Å²) in [5.41, 5.74) is 4.80. The molecule has 63 heavy (non-hydrogen) atoms. The molecule has 10 heteroatoms. The summed E-state index contributed by atoms with van der Waals surface area (Å²) in [6, 6.07) is 39.3. The fourth-order valence-corrected chi connectivity index (χ4v) is 12.6.